The van der Waals surface area contributed by atoms with Crippen LogP contribution >= 0.6 is 11.3 Å². The van der Waals surface area contributed by atoms with Crippen LogP contribution in [0.1, 0.15) is 27.8 Å². The average molecular weight is 408 g/mol. The molecule has 2 aromatic heterocycles. The molecule has 6 nitrogen and oxygen atoms in total. The molecule has 0 spiro atoms. The van der Waals surface area contributed by atoms with Crippen LogP contribution in [0, 0.1) is 5.92 Å². The van der Waals surface area contributed by atoms with E-state index in [1.165, 1.54) is 10.9 Å². The Hall–Kier alpha value is -2.93. The van der Waals surface area contributed by atoms with Crippen molar-refractivity contribution in [2.45, 2.75) is 12.3 Å². The second-order valence-electron chi connectivity index (χ2n) is 7.55. The maximum absolute atomic E-state index is 12.8. The number of nitrogens with zero attached hydrogens (tertiary/aromatic N) is 2. The highest BCUT2D eigenvalue weighted by atomic mass is 32.1. The van der Waals surface area contributed by atoms with Crippen LogP contribution in [0.15, 0.2) is 57.1 Å². The predicted molar refractivity (Wildman–Crippen MR) is 110 cm³/mol. The van der Waals surface area contributed by atoms with Gasteiger partial charge in [-0.05, 0) is 30.0 Å². The molecule has 148 valence electrons. The second-order valence-corrected chi connectivity index (χ2v) is 8.53. The number of piperazine rings is 1. The largest absolute Gasteiger partial charge is 0.451 e. The van der Waals surface area contributed by atoms with Gasteiger partial charge in [0.25, 0.3) is 5.91 Å². The van der Waals surface area contributed by atoms with Gasteiger partial charge in [0.1, 0.15) is 5.58 Å². The lowest BCUT2D eigenvalue weighted by atomic mass is 10.2. The van der Waals surface area contributed by atoms with Crippen LogP contribution in [0.3, 0.4) is 0 Å². The number of hydrogen-bond acceptors (Lipinski definition) is 5. The standard InChI is InChI=1S/C22H20N2O4S/c25-17-13-19(28-18-5-2-1-4-14(17)18)22(27)24-9-7-23(8-10-24)21(26)16-12-15(16)20-6-3-11-29-20/h1-6,11,13,15-16H,7-10,12H2/t15-,16-/m1/s1. The van der Waals surface area contributed by atoms with Crippen molar-refractivity contribution < 1.29 is 14.0 Å². The normalized spacial score (nSPS) is 21.4. The van der Waals surface area contributed by atoms with Crippen LogP contribution in [-0.4, -0.2) is 47.8 Å². The molecule has 1 aliphatic heterocycles. The zero-order valence-corrected chi connectivity index (χ0v) is 16.6. The van der Waals surface area contributed by atoms with Crippen LogP contribution < -0.4 is 5.43 Å². The van der Waals surface area contributed by atoms with Crippen molar-refractivity contribution in [3.8, 4) is 0 Å². The minimum absolute atomic E-state index is 0.0495. The Bertz CT molecular complexity index is 1130. The van der Waals surface area contributed by atoms with E-state index >= 15 is 0 Å². The molecule has 5 rings (SSSR count). The molecule has 1 aromatic carbocycles. The van der Waals surface area contributed by atoms with E-state index in [0.29, 0.717) is 43.1 Å². The quantitative estimate of drug-likeness (QED) is 0.668. The van der Waals surface area contributed by atoms with E-state index in [9.17, 15) is 14.4 Å². The number of carbonyl (C=O) groups excluding carboxylic acids is 2. The fourth-order valence-corrected chi connectivity index (χ4v) is 4.92. The summed E-state index contributed by atoms with van der Waals surface area (Å²) in [5.74, 6) is 0.368. The Morgan fingerprint density at radius 2 is 1.76 bits per heavy atom. The average Bonchev–Trinajstić information content (AvgIpc) is 3.37. The summed E-state index contributed by atoms with van der Waals surface area (Å²) in [5, 5.41) is 2.51. The van der Waals surface area contributed by atoms with Gasteiger partial charge < -0.3 is 14.2 Å². The molecule has 2 amide bonds. The van der Waals surface area contributed by atoms with Crippen LogP contribution in [-0.2, 0) is 4.79 Å². The molecule has 1 saturated carbocycles. The molecule has 0 unspecified atom stereocenters. The smallest absolute Gasteiger partial charge is 0.289 e. The number of para-hydroxylation sites is 1. The van der Waals surface area contributed by atoms with Gasteiger partial charge in [-0.15, -0.1) is 11.3 Å². The summed E-state index contributed by atoms with van der Waals surface area (Å²) in [6, 6.07) is 12.3. The summed E-state index contributed by atoms with van der Waals surface area (Å²) in [5.41, 5.74) is 0.183. The highest BCUT2D eigenvalue weighted by molar-refractivity contribution is 7.10. The van der Waals surface area contributed by atoms with Crippen molar-refractivity contribution in [1.29, 1.82) is 0 Å². The van der Waals surface area contributed by atoms with Gasteiger partial charge >= 0.3 is 0 Å². The van der Waals surface area contributed by atoms with Gasteiger partial charge in [0.2, 0.25) is 5.91 Å². The number of rotatable bonds is 3. The fraction of sp³-hybridized carbons (Fsp3) is 0.318. The molecule has 1 saturated heterocycles. The van der Waals surface area contributed by atoms with Gasteiger partial charge in [-0.3, -0.25) is 14.4 Å². The maximum atomic E-state index is 12.8. The van der Waals surface area contributed by atoms with Gasteiger partial charge in [0.05, 0.1) is 5.39 Å². The monoisotopic (exact) mass is 408 g/mol. The summed E-state index contributed by atoms with van der Waals surface area (Å²) in [6.45, 7) is 1.90. The Morgan fingerprint density at radius 3 is 2.52 bits per heavy atom. The zero-order valence-electron chi connectivity index (χ0n) is 15.7. The molecule has 0 radical (unpaired) electrons. The lowest BCUT2D eigenvalue weighted by Gasteiger charge is -2.34. The molecule has 7 heteroatoms. The van der Waals surface area contributed by atoms with E-state index in [1.54, 1.807) is 40.5 Å². The molecule has 3 heterocycles. The topological polar surface area (TPSA) is 70.8 Å². The molecule has 1 aliphatic carbocycles. The Morgan fingerprint density at radius 1 is 1.00 bits per heavy atom. The molecule has 2 fully saturated rings. The minimum atomic E-state index is -0.303. The first-order valence-corrected chi connectivity index (χ1v) is 10.6. The van der Waals surface area contributed by atoms with Gasteiger partial charge in [-0.2, -0.15) is 0 Å². The number of amides is 2. The summed E-state index contributed by atoms with van der Waals surface area (Å²) in [7, 11) is 0. The van der Waals surface area contributed by atoms with Crippen LogP contribution in [0.2, 0.25) is 0 Å². The number of carbonyl (C=O) groups is 2. The van der Waals surface area contributed by atoms with Gasteiger partial charge in [-0.1, -0.05) is 18.2 Å². The van der Waals surface area contributed by atoms with Crippen molar-refractivity contribution in [1.82, 2.24) is 9.80 Å². The first-order valence-electron chi connectivity index (χ1n) is 9.76. The van der Waals surface area contributed by atoms with Crippen molar-refractivity contribution in [2.24, 2.45) is 5.92 Å². The summed E-state index contributed by atoms with van der Waals surface area (Å²) < 4.78 is 5.66. The first-order chi connectivity index (χ1) is 14.1. The van der Waals surface area contributed by atoms with Gasteiger partial charge in [-0.25, -0.2) is 0 Å². The minimum Gasteiger partial charge on any atom is -0.451 e. The molecular weight excluding hydrogens is 388 g/mol. The highest BCUT2D eigenvalue weighted by Crippen LogP contribution is 2.50. The molecule has 29 heavy (non-hydrogen) atoms. The maximum Gasteiger partial charge on any atom is 0.289 e. The second kappa shape index (κ2) is 7.15. The Kier molecular flexibility index (Phi) is 4.47. The predicted octanol–water partition coefficient (Wildman–Crippen LogP) is 2.94. The van der Waals surface area contributed by atoms with Crippen molar-refractivity contribution in [3.05, 3.63) is 68.7 Å². The van der Waals surface area contributed by atoms with Crippen LogP contribution in [0.25, 0.3) is 11.0 Å². The van der Waals surface area contributed by atoms with Gasteiger partial charge in [0, 0.05) is 49.0 Å². The Labute approximate surface area is 171 Å². The third kappa shape index (κ3) is 3.35. The van der Waals surface area contributed by atoms with E-state index < -0.39 is 0 Å². The summed E-state index contributed by atoms with van der Waals surface area (Å²) >= 11 is 1.71. The Balaban J connectivity index is 1.23. The van der Waals surface area contributed by atoms with Crippen molar-refractivity contribution >= 4 is 34.1 Å². The summed E-state index contributed by atoms with van der Waals surface area (Å²) in [4.78, 5) is 42.6. The third-order valence-electron chi connectivity index (χ3n) is 5.74. The molecule has 2 aliphatic rings. The first kappa shape index (κ1) is 18.1. The lowest BCUT2D eigenvalue weighted by Crippen LogP contribution is -2.51. The highest BCUT2D eigenvalue weighted by Gasteiger charge is 2.46. The third-order valence-corrected chi connectivity index (χ3v) is 6.74. The number of hydrogen-bond donors (Lipinski definition) is 0. The van der Waals surface area contributed by atoms with Crippen LogP contribution in [0.4, 0.5) is 0 Å². The van der Waals surface area contributed by atoms with Crippen LogP contribution in [0.5, 0.6) is 0 Å². The fourth-order valence-electron chi connectivity index (χ4n) is 4.01. The van der Waals surface area contributed by atoms with Crippen molar-refractivity contribution in [2.75, 3.05) is 26.2 Å². The zero-order chi connectivity index (χ0) is 20.0. The van der Waals surface area contributed by atoms with Gasteiger partial charge in [0.15, 0.2) is 11.2 Å². The number of thiophene rings is 1. The molecule has 0 bridgehead atoms. The summed E-state index contributed by atoms with van der Waals surface area (Å²) in [6.07, 6.45) is 0.917. The van der Waals surface area contributed by atoms with E-state index in [-0.39, 0.29) is 28.9 Å². The van der Waals surface area contributed by atoms with E-state index in [4.69, 9.17) is 4.42 Å². The number of benzene rings is 1. The SMILES string of the molecule is O=C(c1cc(=O)c2ccccc2o1)N1CCN(C(=O)[C@@H]2C[C@H]2c2cccs2)CC1. The number of fused-ring (bicyclic) bond motifs is 1. The molecule has 2 atom stereocenters. The molecular formula is C22H20N2O4S. The van der Waals surface area contributed by atoms with E-state index in [0.717, 1.165) is 6.42 Å². The van der Waals surface area contributed by atoms with E-state index in [1.807, 2.05) is 16.3 Å². The lowest BCUT2D eigenvalue weighted by molar-refractivity contribution is -0.134. The molecule has 3 aromatic rings. The van der Waals surface area contributed by atoms with E-state index in [2.05, 4.69) is 6.07 Å². The van der Waals surface area contributed by atoms with Crippen molar-refractivity contribution in [3.63, 3.8) is 0 Å². The molecule has 0 N–H and O–H groups in total.